The van der Waals surface area contributed by atoms with Crippen LogP contribution in [0.25, 0.3) is 10.2 Å². The number of hydrogen-bond donors (Lipinski definition) is 0. The highest BCUT2D eigenvalue weighted by atomic mass is 32.1. The molecule has 0 amide bonds. The molecular formula is C20H10N5O5S. The van der Waals surface area contributed by atoms with Crippen LogP contribution in [-0.2, 0) is 9.63 Å². The maximum Gasteiger partial charge on any atom is 0.444 e. The van der Waals surface area contributed by atoms with Crippen molar-refractivity contribution in [3.05, 3.63) is 76.0 Å². The summed E-state index contributed by atoms with van der Waals surface area (Å²) >= 11 is 1.43. The van der Waals surface area contributed by atoms with E-state index in [9.17, 15) is 14.9 Å². The fourth-order valence-corrected chi connectivity index (χ4v) is 3.47. The van der Waals surface area contributed by atoms with Crippen LogP contribution in [0.15, 0.2) is 60.2 Å². The first-order valence-electron chi connectivity index (χ1n) is 8.59. The van der Waals surface area contributed by atoms with Gasteiger partial charge in [0.15, 0.2) is 5.69 Å². The third-order valence-corrected chi connectivity index (χ3v) is 4.93. The summed E-state index contributed by atoms with van der Waals surface area (Å²) in [6.45, 7) is 1.31. The molecule has 0 saturated carbocycles. The van der Waals surface area contributed by atoms with E-state index in [2.05, 4.69) is 9.97 Å². The normalized spacial score (nSPS) is 10.3. The molecule has 11 heteroatoms. The lowest BCUT2D eigenvalue weighted by Crippen LogP contribution is -2.18. The average Bonchev–Trinajstić information content (AvgIpc) is 3.25. The molecule has 0 saturated heterocycles. The fraction of sp³-hybridized carbons (Fsp3) is 0. The number of hydrogen-bond acceptors (Lipinski definition) is 10. The molecule has 2 aromatic heterocycles. The second-order valence-electron chi connectivity index (χ2n) is 5.97. The van der Waals surface area contributed by atoms with Crippen molar-refractivity contribution in [2.45, 2.75) is 0 Å². The lowest BCUT2D eigenvalue weighted by molar-refractivity contribution is -0.384. The van der Waals surface area contributed by atoms with Gasteiger partial charge in [-0.25, -0.2) is 14.8 Å². The van der Waals surface area contributed by atoms with Crippen LogP contribution in [0.2, 0.25) is 0 Å². The summed E-state index contributed by atoms with van der Waals surface area (Å²) in [5.41, 5.74) is 2.42. The number of anilines is 2. The molecule has 4 rings (SSSR count). The van der Waals surface area contributed by atoms with Crippen LogP contribution in [-0.4, -0.2) is 21.4 Å². The smallest absolute Gasteiger partial charge is 0.444 e. The number of benzene rings is 2. The molecule has 0 aliphatic rings. The monoisotopic (exact) mass is 432 g/mol. The number of aromatic nitrogens is 2. The molecule has 0 unspecified atom stereocenters. The Morgan fingerprint density at radius 1 is 1.10 bits per heavy atom. The summed E-state index contributed by atoms with van der Waals surface area (Å²) in [6, 6.07) is 13.9. The van der Waals surface area contributed by atoms with Gasteiger partial charge in [0.05, 0.1) is 32.4 Å². The number of nitro benzene ring substituents is 1. The summed E-state index contributed by atoms with van der Waals surface area (Å²) in [5, 5.41) is 21.7. The summed E-state index contributed by atoms with van der Waals surface area (Å²) in [6.07, 6.45) is 1.39. The van der Waals surface area contributed by atoms with E-state index in [0.717, 1.165) is 9.76 Å². The predicted octanol–water partition coefficient (Wildman–Crippen LogP) is 4.40. The molecule has 0 spiro atoms. The van der Waals surface area contributed by atoms with Crippen molar-refractivity contribution in [1.82, 2.24) is 9.97 Å². The summed E-state index contributed by atoms with van der Waals surface area (Å²) in [7, 11) is 0. The van der Waals surface area contributed by atoms with Gasteiger partial charge in [-0.2, -0.15) is 10.3 Å². The second kappa shape index (κ2) is 8.44. The highest BCUT2D eigenvalue weighted by Crippen LogP contribution is 2.38. The van der Waals surface area contributed by atoms with Gasteiger partial charge < -0.3 is 9.57 Å². The Balaban J connectivity index is 1.73. The lowest BCUT2D eigenvalue weighted by atomic mass is 10.2. The fourth-order valence-electron chi connectivity index (χ4n) is 2.81. The maximum absolute atomic E-state index is 11.7. The maximum atomic E-state index is 11.7. The van der Waals surface area contributed by atoms with Gasteiger partial charge in [-0.1, -0.05) is 0 Å². The van der Waals surface area contributed by atoms with E-state index in [-0.39, 0.29) is 28.6 Å². The largest absolute Gasteiger partial charge is 0.457 e. The predicted molar refractivity (Wildman–Crippen MR) is 111 cm³/mol. The molecule has 4 aromatic rings. The van der Waals surface area contributed by atoms with Crippen molar-refractivity contribution in [2.75, 3.05) is 5.06 Å². The molecule has 10 nitrogen and oxygen atoms in total. The van der Waals surface area contributed by atoms with Gasteiger partial charge in [0.2, 0.25) is 0 Å². The van der Waals surface area contributed by atoms with E-state index >= 15 is 0 Å². The number of pyridine rings is 1. The molecule has 31 heavy (non-hydrogen) atoms. The first-order valence-corrected chi connectivity index (χ1v) is 9.47. The van der Waals surface area contributed by atoms with Crippen LogP contribution >= 0.6 is 11.3 Å². The highest BCUT2D eigenvalue weighted by molar-refractivity contribution is 7.16. The molecular weight excluding hydrogens is 422 g/mol. The van der Waals surface area contributed by atoms with Gasteiger partial charge in [-0.15, -0.1) is 11.3 Å². The highest BCUT2D eigenvalue weighted by Gasteiger charge is 2.24. The van der Waals surface area contributed by atoms with E-state index < -0.39 is 4.92 Å². The Bertz CT molecular complexity index is 1330. The standard InChI is InChI=1S/C20H10N5O5S/c21-10-13-7-16(5-6-22-13)30-15-2-3-18(19(9-15)25(27)28)24(29-12-26)14-1-4-20-17(8-14)23-11-31-20/h1-9,11H. The van der Waals surface area contributed by atoms with Gasteiger partial charge in [0, 0.05) is 12.3 Å². The summed E-state index contributed by atoms with van der Waals surface area (Å²) < 4.78 is 6.53. The van der Waals surface area contributed by atoms with Gasteiger partial charge in [0.1, 0.15) is 23.3 Å². The van der Waals surface area contributed by atoms with Gasteiger partial charge in [0.25, 0.3) is 5.69 Å². The van der Waals surface area contributed by atoms with Crippen molar-refractivity contribution >= 4 is 45.1 Å². The lowest BCUT2D eigenvalue weighted by Gasteiger charge is -2.20. The van der Waals surface area contributed by atoms with E-state index in [0.29, 0.717) is 11.2 Å². The molecule has 0 bridgehead atoms. The molecule has 0 aliphatic carbocycles. The molecule has 0 N–H and O–H groups in total. The Hall–Kier alpha value is -4.56. The van der Waals surface area contributed by atoms with Crippen molar-refractivity contribution in [2.24, 2.45) is 0 Å². The molecule has 151 valence electrons. The first kappa shape index (κ1) is 19.7. The number of ether oxygens (including phenoxy) is 1. The molecule has 1 radical (unpaired) electrons. The Labute approximate surface area is 178 Å². The van der Waals surface area contributed by atoms with Gasteiger partial charge in [-0.3, -0.25) is 10.1 Å². The average molecular weight is 432 g/mol. The number of fused-ring (bicyclic) bond motifs is 1. The van der Waals surface area contributed by atoms with Crippen LogP contribution in [0.5, 0.6) is 11.5 Å². The number of nitrogens with zero attached hydrogens (tertiary/aromatic N) is 5. The van der Waals surface area contributed by atoms with E-state index in [4.69, 9.17) is 14.8 Å². The minimum Gasteiger partial charge on any atom is -0.457 e. The molecule has 0 atom stereocenters. The molecule has 0 aliphatic heterocycles. The van der Waals surface area contributed by atoms with Crippen LogP contribution in [0.4, 0.5) is 17.1 Å². The van der Waals surface area contributed by atoms with Crippen molar-refractivity contribution in [3.63, 3.8) is 0 Å². The van der Waals surface area contributed by atoms with Crippen LogP contribution in [0, 0.1) is 21.4 Å². The quantitative estimate of drug-likeness (QED) is 0.308. The third kappa shape index (κ3) is 4.09. The van der Waals surface area contributed by atoms with E-state index in [1.165, 1.54) is 54.3 Å². The zero-order chi connectivity index (χ0) is 21.8. The number of carbonyl (C=O) groups excluding carboxylic acids is 1. The van der Waals surface area contributed by atoms with Crippen molar-refractivity contribution < 1.29 is 19.3 Å². The number of nitriles is 1. The Morgan fingerprint density at radius 3 is 2.71 bits per heavy atom. The van der Waals surface area contributed by atoms with E-state index in [1.807, 2.05) is 6.07 Å². The number of rotatable bonds is 7. The SMILES string of the molecule is N#Cc1cc(Oc2ccc(N(O[C]=O)c3ccc4scnc4c3)c([N+](=O)[O-])c2)ccn1. The zero-order valence-corrected chi connectivity index (χ0v) is 16.3. The summed E-state index contributed by atoms with van der Waals surface area (Å²) in [5.74, 6) is 0.437. The van der Waals surface area contributed by atoms with Crippen LogP contribution in [0.1, 0.15) is 5.69 Å². The minimum absolute atomic E-state index is 0.0114. The second-order valence-corrected chi connectivity index (χ2v) is 6.86. The third-order valence-electron chi connectivity index (χ3n) is 4.12. The Morgan fingerprint density at radius 2 is 1.94 bits per heavy atom. The Kier molecular flexibility index (Phi) is 5.37. The van der Waals surface area contributed by atoms with Crippen molar-refractivity contribution in [3.8, 4) is 17.6 Å². The van der Waals surface area contributed by atoms with E-state index in [1.54, 1.807) is 23.7 Å². The van der Waals surface area contributed by atoms with Gasteiger partial charge >= 0.3 is 6.47 Å². The summed E-state index contributed by atoms with van der Waals surface area (Å²) in [4.78, 5) is 35.1. The van der Waals surface area contributed by atoms with Crippen LogP contribution in [0.3, 0.4) is 0 Å². The number of nitro groups is 1. The van der Waals surface area contributed by atoms with Crippen molar-refractivity contribution in [1.29, 1.82) is 5.26 Å². The zero-order valence-electron chi connectivity index (χ0n) is 15.5. The first-order chi connectivity index (χ1) is 15.1. The molecule has 2 heterocycles. The van der Waals surface area contributed by atoms with Gasteiger partial charge in [-0.05, 0) is 36.4 Å². The topological polar surface area (TPSA) is 131 Å². The molecule has 0 fully saturated rings. The van der Waals surface area contributed by atoms with Crippen LogP contribution < -0.4 is 9.80 Å². The minimum atomic E-state index is -0.627. The number of thiazole rings is 1. The molecule has 2 aromatic carbocycles.